The summed E-state index contributed by atoms with van der Waals surface area (Å²) in [4.78, 5) is 56.0. The van der Waals surface area contributed by atoms with Gasteiger partial charge in [-0.05, 0) is 174 Å². The number of hydrogen-bond donors (Lipinski definition) is 3. The molecule has 0 spiro atoms. The largest absolute Gasteiger partial charge is 0.455 e. The summed E-state index contributed by atoms with van der Waals surface area (Å²) < 4.78 is 8.99. The lowest BCUT2D eigenvalue weighted by Crippen LogP contribution is -2.47. The van der Waals surface area contributed by atoms with Gasteiger partial charge in [0.15, 0.2) is 0 Å². The predicted octanol–water partition coefficient (Wildman–Crippen LogP) is 8.06. The first-order valence-electron chi connectivity index (χ1n) is 27.7. The van der Waals surface area contributed by atoms with Crippen LogP contribution in [0.15, 0.2) is 72.8 Å². The molecule has 0 bridgehead atoms. The van der Waals surface area contributed by atoms with Gasteiger partial charge in [-0.25, -0.2) is 5.26 Å². The second-order valence-corrected chi connectivity index (χ2v) is 22.2. The SMILES string of the molecule is Cc1ccc2c(c1)c(CC(=O)NCCCN1CCN(CCCNC(=O)c3ccc(=COO)c(=C4c5cc6c7c(c5Oc5c4cc4c8c5CCCN8CCC4)CCCN7CCC6)c3)CC1)c(C)n2C(=O)c1ccc(Cl)cc1. The summed E-state index contributed by atoms with van der Waals surface area (Å²) in [5.74, 6) is 1.55. The minimum absolute atomic E-state index is 0.0565. The fraction of sp³-hybridized carbons (Fsp3) is 0.403. The number of ether oxygens (including phenoxy) is 1. The van der Waals surface area contributed by atoms with Gasteiger partial charge in [-0.2, -0.15) is 0 Å². The Morgan fingerprint density at radius 2 is 1.26 bits per heavy atom. The summed E-state index contributed by atoms with van der Waals surface area (Å²) in [5, 5.41) is 19.3. The van der Waals surface area contributed by atoms with Gasteiger partial charge >= 0.3 is 0 Å². The van der Waals surface area contributed by atoms with Crippen molar-refractivity contribution < 1.29 is 29.3 Å². The summed E-state index contributed by atoms with van der Waals surface area (Å²) in [5.41, 5.74) is 15.8. The van der Waals surface area contributed by atoms with Crippen molar-refractivity contribution in [2.24, 2.45) is 0 Å². The van der Waals surface area contributed by atoms with E-state index in [-0.39, 0.29) is 24.1 Å². The third-order valence-electron chi connectivity index (χ3n) is 16.9. The van der Waals surface area contributed by atoms with Crippen molar-refractivity contribution in [2.45, 2.75) is 84.5 Å². The topological polar surface area (TPSA) is 132 Å². The van der Waals surface area contributed by atoms with Gasteiger partial charge in [0.2, 0.25) is 5.91 Å². The molecule has 1 fully saturated rings. The molecule has 14 heteroatoms. The number of halogens is 1. The van der Waals surface area contributed by atoms with E-state index in [0.717, 1.165) is 191 Å². The van der Waals surface area contributed by atoms with Crippen molar-refractivity contribution in [1.29, 1.82) is 0 Å². The number of aromatic nitrogens is 1. The van der Waals surface area contributed by atoms with Crippen LogP contribution in [-0.4, -0.2) is 116 Å². The molecule has 0 aliphatic carbocycles. The molecule has 6 aliphatic rings. The van der Waals surface area contributed by atoms with E-state index in [4.69, 9.17) is 21.2 Å². The van der Waals surface area contributed by atoms with Gasteiger partial charge in [-0.1, -0.05) is 29.3 Å². The van der Waals surface area contributed by atoms with Gasteiger partial charge in [-0.3, -0.25) is 19.0 Å². The number of nitrogens with one attached hydrogen (secondary N) is 2. The molecular formula is C62H68ClN7O6. The second-order valence-electron chi connectivity index (χ2n) is 21.8. The molecule has 7 heterocycles. The Balaban J connectivity index is 0.680. The minimum atomic E-state index is -0.150. The Labute approximate surface area is 449 Å². The highest BCUT2D eigenvalue weighted by Gasteiger charge is 2.37. The predicted molar refractivity (Wildman–Crippen MR) is 300 cm³/mol. The zero-order valence-electron chi connectivity index (χ0n) is 43.9. The number of piperazine rings is 1. The van der Waals surface area contributed by atoms with Crippen LogP contribution in [0.5, 0.6) is 11.5 Å². The number of amides is 2. The van der Waals surface area contributed by atoms with Gasteiger partial charge < -0.3 is 39.9 Å². The van der Waals surface area contributed by atoms with Crippen molar-refractivity contribution in [3.05, 3.63) is 150 Å². The van der Waals surface area contributed by atoms with Crippen LogP contribution in [-0.2, 0) is 41.8 Å². The highest BCUT2D eigenvalue weighted by atomic mass is 35.5. The quantitative estimate of drug-likeness (QED) is 0.0593. The summed E-state index contributed by atoms with van der Waals surface area (Å²) >= 11 is 6.11. The Morgan fingerprint density at radius 1 is 0.684 bits per heavy atom. The fourth-order valence-electron chi connectivity index (χ4n) is 13.3. The van der Waals surface area contributed by atoms with Crippen LogP contribution in [0.25, 0.3) is 22.7 Å². The number of benzene rings is 5. The number of rotatable bonds is 13. The first kappa shape index (κ1) is 50.2. The molecule has 6 aromatic rings. The molecule has 1 aromatic heterocycles. The summed E-state index contributed by atoms with van der Waals surface area (Å²) in [7, 11) is 0. The molecule has 0 unspecified atom stereocenters. The van der Waals surface area contributed by atoms with Gasteiger partial charge in [0, 0.05) is 137 Å². The average molecular weight is 1040 g/mol. The number of carbonyl (C=O) groups is 3. The van der Waals surface area contributed by atoms with Crippen LogP contribution in [0.4, 0.5) is 11.4 Å². The zero-order valence-corrected chi connectivity index (χ0v) is 44.6. The molecular weight excluding hydrogens is 974 g/mol. The first-order valence-corrected chi connectivity index (χ1v) is 28.1. The molecule has 76 heavy (non-hydrogen) atoms. The normalized spacial score (nSPS) is 17.2. The molecule has 0 saturated carbocycles. The second kappa shape index (κ2) is 21.4. The summed E-state index contributed by atoms with van der Waals surface area (Å²) in [6.45, 7) is 14.9. The van der Waals surface area contributed by atoms with Crippen molar-refractivity contribution in [3.63, 3.8) is 0 Å². The Morgan fingerprint density at radius 3 is 1.87 bits per heavy atom. The molecule has 13 nitrogen and oxygen atoms in total. The van der Waals surface area contributed by atoms with E-state index in [1.807, 2.05) is 44.2 Å². The number of hydrogen-bond acceptors (Lipinski definition) is 10. The molecule has 0 atom stereocenters. The molecule has 12 rings (SSSR count). The van der Waals surface area contributed by atoms with Crippen LogP contribution in [0.2, 0.25) is 5.02 Å². The highest BCUT2D eigenvalue weighted by molar-refractivity contribution is 6.30. The van der Waals surface area contributed by atoms with Crippen LogP contribution in [0.1, 0.15) is 109 Å². The maximum atomic E-state index is 14.1. The Hall–Kier alpha value is -6.64. The Kier molecular flexibility index (Phi) is 14.1. The van der Waals surface area contributed by atoms with Gasteiger partial charge in [0.05, 0.1) is 11.9 Å². The minimum Gasteiger partial charge on any atom is -0.455 e. The van der Waals surface area contributed by atoms with E-state index >= 15 is 0 Å². The lowest BCUT2D eigenvalue weighted by Gasteiger charge is -2.41. The van der Waals surface area contributed by atoms with E-state index in [0.29, 0.717) is 34.5 Å². The lowest BCUT2D eigenvalue weighted by atomic mass is 9.80. The third kappa shape index (κ3) is 9.54. The monoisotopic (exact) mass is 1040 g/mol. The van der Waals surface area contributed by atoms with Gasteiger partial charge in [-0.15, -0.1) is 0 Å². The van der Waals surface area contributed by atoms with Crippen LogP contribution < -0.4 is 35.6 Å². The van der Waals surface area contributed by atoms with Crippen molar-refractivity contribution in [3.8, 4) is 11.5 Å². The molecule has 1 saturated heterocycles. The van der Waals surface area contributed by atoms with Crippen LogP contribution in [0.3, 0.4) is 0 Å². The van der Waals surface area contributed by atoms with E-state index in [2.05, 4.69) is 48.4 Å². The molecule has 2 amide bonds. The standard InChI is InChI=1S/C62H68ClN7O6/c1-39-13-20-54-51(33-39)49(40(2)70(54)62(73)41-16-18-46(63)19-17-41)37-55(71)64-21-7-23-66-29-31-67(32-30-66)24-8-22-65-61(72)44-14-15-45(38-75-74)50(36-44)56-52-34-42-9-3-25-68-27-5-11-47(57(42)68)59(52)76-60-48-12-6-28-69-26-4-10-43(58(48)69)35-53(56)60/h13-20,33-36,38,74H,3-12,21-32,37H2,1-2H3,(H,64,71)(H,65,72). The van der Waals surface area contributed by atoms with Gasteiger partial charge in [0.25, 0.3) is 11.8 Å². The fourth-order valence-corrected chi connectivity index (χ4v) is 13.4. The van der Waals surface area contributed by atoms with Crippen LogP contribution >= 0.6 is 11.6 Å². The Bertz CT molecular complexity index is 3330. The third-order valence-corrected chi connectivity index (χ3v) is 17.2. The zero-order chi connectivity index (χ0) is 52.0. The number of nitrogens with zero attached hydrogens (tertiary/aromatic N) is 5. The average Bonchev–Trinajstić information content (AvgIpc) is 3.79. The molecule has 3 N–H and O–H groups in total. The van der Waals surface area contributed by atoms with E-state index in [9.17, 15) is 19.6 Å². The molecule has 6 aliphatic heterocycles. The van der Waals surface area contributed by atoms with Gasteiger partial charge in [0.1, 0.15) is 17.8 Å². The molecule has 5 aromatic carbocycles. The van der Waals surface area contributed by atoms with Crippen molar-refractivity contribution >= 4 is 63.4 Å². The maximum Gasteiger partial charge on any atom is 0.262 e. The number of carbonyl (C=O) groups excluding carboxylic acids is 3. The number of fused-ring (bicyclic) bond motifs is 5. The van der Waals surface area contributed by atoms with E-state index < -0.39 is 0 Å². The highest BCUT2D eigenvalue weighted by Crippen LogP contribution is 2.54. The maximum absolute atomic E-state index is 14.1. The van der Waals surface area contributed by atoms with Crippen molar-refractivity contribution in [2.75, 3.05) is 88.3 Å². The van der Waals surface area contributed by atoms with E-state index in [1.165, 1.54) is 39.9 Å². The molecule has 394 valence electrons. The van der Waals surface area contributed by atoms with Crippen LogP contribution in [0, 0.1) is 13.8 Å². The summed E-state index contributed by atoms with van der Waals surface area (Å²) in [6, 6.07) is 23.3. The summed E-state index contributed by atoms with van der Waals surface area (Å²) in [6.07, 6.45) is 11.6. The first-order chi connectivity index (χ1) is 37.1. The smallest absolute Gasteiger partial charge is 0.262 e. The number of aryl methyl sites for hydroxylation is 3. The molecule has 0 radical (unpaired) electrons. The van der Waals surface area contributed by atoms with Crippen molar-refractivity contribution in [1.82, 2.24) is 25.0 Å². The number of anilines is 2. The van der Waals surface area contributed by atoms with E-state index in [1.54, 1.807) is 28.8 Å². The lowest BCUT2D eigenvalue weighted by molar-refractivity contribution is -0.162.